The minimum absolute atomic E-state index is 0.0986. The van der Waals surface area contributed by atoms with Crippen LogP contribution in [0, 0.1) is 5.92 Å². The topological polar surface area (TPSA) is 93.1 Å². The summed E-state index contributed by atoms with van der Waals surface area (Å²) in [5.74, 6) is -1.35. The van der Waals surface area contributed by atoms with Crippen molar-refractivity contribution in [3.05, 3.63) is 22.8 Å². The highest BCUT2D eigenvalue weighted by Gasteiger charge is 2.41. The van der Waals surface area contributed by atoms with Gasteiger partial charge in [0.2, 0.25) is 0 Å². The van der Waals surface area contributed by atoms with Gasteiger partial charge in [0, 0.05) is 11.5 Å². The fraction of sp³-hybridized carbons (Fsp3) is 0.565. The summed E-state index contributed by atoms with van der Waals surface area (Å²) >= 11 is 0. The van der Waals surface area contributed by atoms with Gasteiger partial charge in [0.15, 0.2) is 5.78 Å². The number of carbonyl (C=O) groups excluding carboxylic acids is 1. The van der Waals surface area contributed by atoms with Gasteiger partial charge in [-0.1, -0.05) is 26.7 Å². The molecule has 3 atom stereocenters. The zero-order chi connectivity index (χ0) is 21.5. The van der Waals surface area contributed by atoms with Crippen LogP contribution < -0.4 is 9.47 Å². The lowest BCUT2D eigenvalue weighted by Crippen LogP contribution is -2.36. The molecule has 0 saturated carbocycles. The van der Waals surface area contributed by atoms with Crippen molar-refractivity contribution in [1.82, 2.24) is 0 Å². The lowest BCUT2D eigenvalue weighted by Gasteiger charge is -2.37. The first kappa shape index (κ1) is 21.2. The van der Waals surface area contributed by atoms with Crippen LogP contribution >= 0.6 is 0 Å². The summed E-state index contributed by atoms with van der Waals surface area (Å²) in [7, 11) is 0. The molecule has 1 aromatic rings. The molecule has 0 aliphatic carbocycles. The van der Waals surface area contributed by atoms with E-state index < -0.39 is 17.5 Å². The standard InChI is InChI=1S/C23H30O6/c1-6-7-8-14(11-16(24)25)17-21-15(9-10-23(4,5)29-21)20(27)18-19(26)12(2)13(3)28-22(17)18/h9-10,12-14,27H,6-8,11H2,1-5H3,(H,24,25)/t12-,13+,14+/m0/s1. The molecule has 0 spiro atoms. The first-order valence-corrected chi connectivity index (χ1v) is 10.3. The van der Waals surface area contributed by atoms with Crippen molar-refractivity contribution >= 4 is 17.8 Å². The fourth-order valence-corrected chi connectivity index (χ4v) is 4.04. The maximum absolute atomic E-state index is 13.1. The van der Waals surface area contributed by atoms with Gasteiger partial charge in [-0.05, 0) is 39.3 Å². The summed E-state index contributed by atoms with van der Waals surface area (Å²) < 4.78 is 12.3. The van der Waals surface area contributed by atoms with E-state index in [-0.39, 0.29) is 41.3 Å². The van der Waals surface area contributed by atoms with Crippen LogP contribution in [-0.4, -0.2) is 33.7 Å². The largest absolute Gasteiger partial charge is 0.506 e. The van der Waals surface area contributed by atoms with Crippen LogP contribution in [0.5, 0.6) is 17.2 Å². The Bertz CT molecular complexity index is 867. The molecule has 2 heterocycles. The highest BCUT2D eigenvalue weighted by Crippen LogP contribution is 2.53. The van der Waals surface area contributed by atoms with Gasteiger partial charge in [-0.25, -0.2) is 0 Å². The fourth-order valence-electron chi connectivity index (χ4n) is 4.04. The summed E-state index contributed by atoms with van der Waals surface area (Å²) in [6.07, 6.45) is 5.48. The molecule has 2 aliphatic heterocycles. The third-order valence-electron chi connectivity index (χ3n) is 5.87. The minimum Gasteiger partial charge on any atom is -0.506 e. The molecule has 2 N–H and O–H groups in total. The monoisotopic (exact) mass is 402 g/mol. The number of carboxylic acids is 1. The molecule has 6 nitrogen and oxygen atoms in total. The Kier molecular flexibility index (Phi) is 5.65. The number of carbonyl (C=O) groups is 2. The second-order valence-electron chi connectivity index (χ2n) is 8.66. The normalized spacial score (nSPS) is 22.9. The predicted octanol–water partition coefficient (Wildman–Crippen LogP) is 4.92. The molecule has 0 aromatic heterocycles. The van der Waals surface area contributed by atoms with Crippen molar-refractivity contribution in [3.8, 4) is 17.2 Å². The lowest BCUT2D eigenvalue weighted by atomic mass is 9.81. The molecule has 0 amide bonds. The molecule has 158 valence electrons. The van der Waals surface area contributed by atoms with Crippen molar-refractivity contribution < 1.29 is 29.3 Å². The Labute approximate surface area is 171 Å². The van der Waals surface area contributed by atoms with Crippen LogP contribution in [0.1, 0.15) is 87.7 Å². The van der Waals surface area contributed by atoms with E-state index in [2.05, 4.69) is 0 Å². The Balaban J connectivity index is 2.31. The molecule has 1 aromatic carbocycles. The smallest absolute Gasteiger partial charge is 0.303 e. The van der Waals surface area contributed by atoms with E-state index in [1.165, 1.54) is 0 Å². The van der Waals surface area contributed by atoms with E-state index in [1.807, 2.05) is 33.8 Å². The number of carboxylic acid groups (broad SMARTS) is 1. The van der Waals surface area contributed by atoms with E-state index in [9.17, 15) is 19.8 Å². The maximum atomic E-state index is 13.1. The number of Topliss-reactive ketones (excluding diaryl/α,β-unsaturated/α-hetero) is 1. The number of fused-ring (bicyclic) bond motifs is 2. The Morgan fingerprint density at radius 3 is 2.59 bits per heavy atom. The molecular formula is C23H30O6. The number of hydrogen-bond donors (Lipinski definition) is 2. The summed E-state index contributed by atoms with van der Waals surface area (Å²) in [4.78, 5) is 24.7. The first-order chi connectivity index (χ1) is 13.6. The number of rotatable bonds is 6. The number of hydrogen-bond acceptors (Lipinski definition) is 5. The molecule has 0 saturated heterocycles. The summed E-state index contributed by atoms with van der Waals surface area (Å²) in [6.45, 7) is 9.42. The first-order valence-electron chi connectivity index (χ1n) is 10.3. The number of benzene rings is 1. The van der Waals surface area contributed by atoms with Crippen LogP contribution in [0.3, 0.4) is 0 Å². The molecule has 0 bridgehead atoms. The number of aromatic hydroxyl groups is 1. The second kappa shape index (κ2) is 7.73. The zero-order valence-electron chi connectivity index (χ0n) is 17.7. The van der Waals surface area contributed by atoms with Crippen LogP contribution in [-0.2, 0) is 4.79 Å². The maximum Gasteiger partial charge on any atom is 0.303 e. The van der Waals surface area contributed by atoms with E-state index in [1.54, 1.807) is 13.0 Å². The predicted molar refractivity (Wildman–Crippen MR) is 110 cm³/mol. The van der Waals surface area contributed by atoms with Crippen molar-refractivity contribution in [2.45, 2.75) is 77.9 Å². The number of phenolic OH excluding ortho intramolecular Hbond substituents is 1. The molecule has 2 aliphatic rings. The average molecular weight is 402 g/mol. The molecule has 0 unspecified atom stereocenters. The van der Waals surface area contributed by atoms with Crippen LogP contribution in [0.4, 0.5) is 0 Å². The van der Waals surface area contributed by atoms with Gasteiger partial charge >= 0.3 is 5.97 Å². The number of aliphatic carboxylic acids is 1. The van der Waals surface area contributed by atoms with Gasteiger partial charge in [0.05, 0.1) is 17.9 Å². The van der Waals surface area contributed by atoms with Crippen LogP contribution in [0.2, 0.25) is 0 Å². The van der Waals surface area contributed by atoms with Crippen molar-refractivity contribution in [3.63, 3.8) is 0 Å². The lowest BCUT2D eigenvalue weighted by molar-refractivity contribution is -0.137. The molecule has 0 fully saturated rings. The summed E-state index contributed by atoms with van der Waals surface area (Å²) in [5, 5.41) is 20.5. The number of unbranched alkanes of at least 4 members (excludes halogenated alkanes) is 1. The molecule has 0 radical (unpaired) electrons. The van der Waals surface area contributed by atoms with E-state index in [0.29, 0.717) is 23.3 Å². The Morgan fingerprint density at radius 1 is 1.28 bits per heavy atom. The summed E-state index contributed by atoms with van der Waals surface area (Å²) in [5.41, 5.74) is 0.527. The minimum atomic E-state index is -0.921. The van der Waals surface area contributed by atoms with Crippen molar-refractivity contribution in [2.75, 3.05) is 0 Å². The van der Waals surface area contributed by atoms with Gasteiger partial charge in [0.25, 0.3) is 0 Å². The third-order valence-corrected chi connectivity index (χ3v) is 5.87. The van der Waals surface area contributed by atoms with E-state index in [0.717, 1.165) is 12.8 Å². The number of ketones is 1. The second-order valence-corrected chi connectivity index (χ2v) is 8.66. The van der Waals surface area contributed by atoms with Crippen LogP contribution in [0.25, 0.3) is 6.08 Å². The quantitative estimate of drug-likeness (QED) is 0.701. The van der Waals surface area contributed by atoms with E-state index in [4.69, 9.17) is 9.47 Å². The van der Waals surface area contributed by atoms with Gasteiger partial charge in [-0.2, -0.15) is 0 Å². The van der Waals surface area contributed by atoms with Crippen molar-refractivity contribution in [2.24, 2.45) is 5.92 Å². The van der Waals surface area contributed by atoms with E-state index >= 15 is 0 Å². The van der Waals surface area contributed by atoms with Gasteiger partial charge < -0.3 is 19.7 Å². The van der Waals surface area contributed by atoms with Crippen LogP contribution in [0.15, 0.2) is 6.08 Å². The Hall–Kier alpha value is -2.50. The number of phenols is 1. The zero-order valence-corrected chi connectivity index (χ0v) is 17.7. The van der Waals surface area contributed by atoms with Gasteiger partial charge in [-0.3, -0.25) is 9.59 Å². The molecular weight excluding hydrogens is 372 g/mol. The number of ether oxygens (including phenoxy) is 2. The summed E-state index contributed by atoms with van der Waals surface area (Å²) in [6, 6.07) is 0. The van der Waals surface area contributed by atoms with Gasteiger partial charge in [-0.15, -0.1) is 0 Å². The molecule has 3 rings (SSSR count). The Morgan fingerprint density at radius 2 is 1.97 bits per heavy atom. The third kappa shape index (κ3) is 3.85. The highest BCUT2D eigenvalue weighted by atomic mass is 16.5. The van der Waals surface area contributed by atoms with Gasteiger partial charge in [0.1, 0.15) is 34.5 Å². The molecule has 6 heteroatoms. The SMILES string of the molecule is CCCC[C@H](CC(=O)O)c1c2c(c(O)c3c1O[C@H](C)[C@H](C)C3=O)C=CC(C)(C)O2. The average Bonchev–Trinajstić information content (AvgIpc) is 2.62. The molecule has 29 heavy (non-hydrogen) atoms. The highest BCUT2D eigenvalue weighted by molar-refractivity contribution is 6.06. The van der Waals surface area contributed by atoms with Crippen molar-refractivity contribution in [1.29, 1.82) is 0 Å².